The zero-order valence-electron chi connectivity index (χ0n) is 11.0. The molecule has 2 aromatic rings. The maximum absolute atomic E-state index is 11.8. The standard InChI is InChI=1S/C12H16N4O2S/c1-8-6-9(2)16(15-8)12-7-10(4-5-11(12)13)19(17,18)14-3/h4-7,14H,13H2,1-3H3. The fraction of sp³-hybridized carbons (Fsp3) is 0.250. The first-order chi connectivity index (χ1) is 8.85. The van der Waals surface area contributed by atoms with E-state index in [-0.39, 0.29) is 4.90 Å². The van der Waals surface area contributed by atoms with Crippen LogP contribution in [0.4, 0.5) is 5.69 Å². The van der Waals surface area contributed by atoms with E-state index in [4.69, 9.17) is 5.73 Å². The van der Waals surface area contributed by atoms with Crippen LogP contribution in [0.25, 0.3) is 5.69 Å². The summed E-state index contributed by atoms with van der Waals surface area (Å²) in [7, 11) is -2.13. The normalized spacial score (nSPS) is 11.7. The highest BCUT2D eigenvalue weighted by atomic mass is 32.2. The molecular formula is C12H16N4O2S. The second-order valence-corrected chi connectivity index (χ2v) is 6.15. The zero-order valence-corrected chi connectivity index (χ0v) is 11.8. The van der Waals surface area contributed by atoms with Gasteiger partial charge in [-0.25, -0.2) is 17.8 Å². The van der Waals surface area contributed by atoms with Gasteiger partial charge in [-0.3, -0.25) is 0 Å². The molecule has 0 radical (unpaired) electrons. The summed E-state index contributed by atoms with van der Waals surface area (Å²) in [4.78, 5) is 0.159. The molecule has 0 fully saturated rings. The number of aromatic nitrogens is 2. The van der Waals surface area contributed by atoms with Gasteiger partial charge in [0.05, 0.1) is 22.0 Å². The molecule has 0 saturated carbocycles. The Labute approximate surface area is 112 Å². The molecule has 0 aliphatic heterocycles. The van der Waals surface area contributed by atoms with Crippen LogP contribution in [-0.4, -0.2) is 25.2 Å². The number of nitrogens with one attached hydrogen (secondary N) is 1. The van der Waals surface area contributed by atoms with E-state index in [0.29, 0.717) is 11.4 Å². The Morgan fingerprint density at radius 1 is 1.26 bits per heavy atom. The number of nitrogen functional groups attached to an aromatic ring is 1. The smallest absolute Gasteiger partial charge is 0.240 e. The average molecular weight is 280 g/mol. The van der Waals surface area contributed by atoms with Gasteiger partial charge in [0.25, 0.3) is 0 Å². The van der Waals surface area contributed by atoms with E-state index in [9.17, 15) is 8.42 Å². The molecule has 0 amide bonds. The lowest BCUT2D eigenvalue weighted by molar-refractivity contribution is 0.588. The van der Waals surface area contributed by atoms with E-state index in [1.54, 1.807) is 10.7 Å². The largest absolute Gasteiger partial charge is 0.397 e. The molecule has 7 heteroatoms. The Kier molecular flexibility index (Phi) is 3.34. The second kappa shape index (κ2) is 4.67. The SMILES string of the molecule is CNS(=O)(=O)c1ccc(N)c(-n2nc(C)cc2C)c1. The number of rotatable bonds is 3. The van der Waals surface area contributed by atoms with E-state index >= 15 is 0 Å². The van der Waals surface area contributed by atoms with E-state index in [2.05, 4.69) is 9.82 Å². The molecule has 0 aliphatic carbocycles. The fourth-order valence-corrected chi connectivity index (χ4v) is 2.61. The Morgan fingerprint density at radius 3 is 2.47 bits per heavy atom. The summed E-state index contributed by atoms with van der Waals surface area (Å²) in [6.07, 6.45) is 0. The molecule has 0 bridgehead atoms. The molecule has 2 rings (SSSR count). The minimum absolute atomic E-state index is 0.159. The Balaban J connectivity index is 2.65. The second-order valence-electron chi connectivity index (χ2n) is 4.27. The van der Waals surface area contributed by atoms with Crippen molar-refractivity contribution in [1.82, 2.24) is 14.5 Å². The van der Waals surface area contributed by atoms with Crippen molar-refractivity contribution in [3.05, 3.63) is 35.7 Å². The van der Waals surface area contributed by atoms with E-state index in [0.717, 1.165) is 11.4 Å². The number of hydrogen-bond donors (Lipinski definition) is 2. The maximum Gasteiger partial charge on any atom is 0.240 e. The molecule has 0 spiro atoms. The predicted octanol–water partition coefficient (Wildman–Crippen LogP) is 0.979. The van der Waals surface area contributed by atoms with Gasteiger partial charge in [-0.1, -0.05) is 0 Å². The molecular weight excluding hydrogens is 264 g/mol. The minimum Gasteiger partial charge on any atom is -0.397 e. The number of sulfonamides is 1. The third-order valence-electron chi connectivity index (χ3n) is 2.82. The molecule has 19 heavy (non-hydrogen) atoms. The van der Waals surface area contributed by atoms with Crippen LogP contribution in [0.1, 0.15) is 11.4 Å². The molecule has 0 atom stereocenters. The van der Waals surface area contributed by atoms with Crippen LogP contribution in [0.15, 0.2) is 29.2 Å². The third kappa shape index (κ3) is 2.47. The molecule has 0 aliphatic rings. The van der Waals surface area contributed by atoms with Gasteiger partial charge in [-0.05, 0) is 45.2 Å². The molecule has 6 nitrogen and oxygen atoms in total. The molecule has 1 aromatic carbocycles. The van der Waals surface area contributed by atoms with Gasteiger partial charge >= 0.3 is 0 Å². The summed E-state index contributed by atoms with van der Waals surface area (Å²) in [6, 6.07) is 6.45. The van der Waals surface area contributed by atoms with Gasteiger partial charge in [-0.15, -0.1) is 0 Å². The molecule has 0 unspecified atom stereocenters. The van der Waals surface area contributed by atoms with Crippen molar-refractivity contribution in [3.8, 4) is 5.69 Å². The van der Waals surface area contributed by atoms with E-state index in [1.807, 2.05) is 19.9 Å². The van der Waals surface area contributed by atoms with Crippen LogP contribution in [-0.2, 0) is 10.0 Å². The lowest BCUT2D eigenvalue weighted by atomic mass is 10.2. The van der Waals surface area contributed by atoms with Gasteiger partial charge < -0.3 is 5.73 Å². The molecule has 1 heterocycles. The van der Waals surface area contributed by atoms with Crippen molar-refractivity contribution in [2.24, 2.45) is 0 Å². The highest BCUT2D eigenvalue weighted by Crippen LogP contribution is 2.22. The highest BCUT2D eigenvalue weighted by Gasteiger charge is 2.15. The van der Waals surface area contributed by atoms with Crippen molar-refractivity contribution in [2.75, 3.05) is 12.8 Å². The van der Waals surface area contributed by atoms with Crippen molar-refractivity contribution in [1.29, 1.82) is 0 Å². The summed E-state index contributed by atoms with van der Waals surface area (Å²) in [5.74, 6) is 0. The first kappa shape index (κ1) is 13.6. The molecule has 3 N–H and O–H groups in total. The van der Waals surface area contributed by atoms with Gasteiger partial charge in [0.15, 0.2) is 0 Å². The van der Waals surface area contributed by atoms with Crippen LogP contribution in [0.2, 0.25) is 0 Å². The first-order valence-corrected chi connectivity index (χ1v) is 7.20. The lowest BCUT2D eigenvalue weighted by Gasteiger charge is -2.10. The number of nitrogens with two attached hydrogens (primary N) is 1. The summed E-state index contributed by atoms with van der Waals surface area (Å²) in [5, 5.41) is 4.31. The summed E-state index contributed by atoms with van der Waals surface area (Å²) in [5.41, 5.74) is 8.68. The molecule has 0 saturated heterocycles. The highest BCUT2D eigenvalue weighted by molar-refractivity contribution is 7.89. The van der Waals surface area contributed by atoms with Crippen LogP contribution in [0.3, 0.4) is 0 Å². The number of nitrogens with zero attached hydrogens (tertiary/aromatic N) is 2. The van der Waals surface area contributed by atoms with Gasteiger partial charge in [0.2, 0.25) is 10.0 Å². The summed E-state index contributed by atoms with van der Waals surface area (Å²) >= 11 is 0. The Morgan fingerprint density at radius 2 is 1.95 bits per heavy atom. The number of benzene rings is 1. The van der Waals surface area contributed by atoms with E-state index in [1.165, 1.54) is 19.2 Å². The average Bonchev–Trinajstić information content (AvgIpc) is 2.68. The van der Waals surface area contributed by atoms with Crippen molar-refractivity contribution in [3.63, 3.8) is 0 Å². The third-order valence-corrected chi connectivity index (χ3v) is 4.23. The molecule has 102 valence electrons. The van der Waals surface area contributed by atoms with E-state index < -0.39 is 10.0 Å². The van der Waals surface area contributed by atoms with Gasteiger partial charge in [-0.2, -0.15) is 5.10 Å². The zero-order chi connectivity index (χ0) is 14.2. The van der Waals surface area contributed by atoms with Crippen LogP contribution in [0.5, 0.6) is 0 Å². The van der Waals surface area contributed by atoms with Crippen molar-refractivity contribution < 1.29 is 8.42 Å². The molecule has 1 aromatic heterocycles. The Bertz CT molecular complexity index is 719. The predicted molar refractivity (Wildman–Crippen MR) is 73.7 cm³/mol. The first-order valence-electron chi connectivity index (χ1n) is 5.72. The fourth-order valence-electron chi connectivity index (χ4n) is 1.86. The van der Waals surface area contributed by atoms with Crippen LogP contribution >= 0.6 is 0 Å². The number of aryl methyl sites for hydroxylation is 2. The van der Waals surface area contributed by atoms with Gasteiger partial charge in [0, 0.05) is 5.69 Å². The topological polar surface area (TPSA) is 90.0 Å². The van der Waals surface area contributed by atoms with Crippen molar-refractivity contribution in [2.45, 2.75) is 18.7 Å². The lowest BCUT2D eigenvalue weighted by Crippen LogP contribution is -2.19. The monoisotopic (exact) mass is 280 g/mol. The number of anilines is 1. The Hall–Kier alpha value is -1.86. The quantitative estimate of drug-likeness (QED) is 0.820. The number of hydrogen-bond acceptors (Lipinski definition) is 4. The van der Waals surface area contributed by atoms with Gasteiger partial charge in [0.1, 0.15) is 0 Å². The minimum atomic E-state index is -3.50. The summed E-state index contributed by atoms with van der Waals surface area (Å²) in [6.45, 7) is 3.76. The summed E-state index contributed by atoms with van der Waals surface area (Å²) < 4.78 is 27.5. The van der Waals surface area contributed by atoms with Crippen LogP contribution < -0.4 is 10.5 Å². The van der Waals surface area contributed by atoms with Crippen molar-refractivity contribution >= 4 is 15.7 Å². The maximum atomic E-state index is 11.8. The van der Waals surface area contributed by atoms with Crippen LogP contribution in [0, 0.1) is 13.8 Å².